The van der Waals surface area contributed by atoms with E-state index in [1.807, 2.05) is 21.0 Å². The fourth-order valence-corrected chi connectivity index (χ4v) is 1.58. The van der Waals surface area contributed by atoms with E-state index >= 15 is 0 Å². The molecule has 2 unspecified atom stereocenters. The van der Waals surface area contributed by atoms with E-state index in [9.17, 15) is 5.11 Å². The number of likely N-dealkylation sites (N-methyl/N-ethyl adjacent to an activating group) is 1. The van der Waals surface area contributed by atoms with Crippen LogP contribution in [-0.2, 0) is 0 Å². The van der Waals surface area contributed by atoms with Crippen molar-refractivity contribution in [1.82, 2.24) is 4.90 Å². The molecule has 2 nitrogen and oxygen atoms in total. The quantitative estimate of drug-likeness (QED) is 0.639. The van der Waals surface area contributed by atoms with Gasteiger partial charge in [-0.15, -0.1) is 0 Å². The maximum Gasteiger partial charge on any atom is 0.0669 e. The Hall–Kier alpha value is -0.0800. The van der Waals surface area contributed by atoms with Crippen molar-refractivity contribution in [2.45, 2.75) is 32.9 Å². The smallest absolute Gasteiger partial charge is 0.0669 e. The fraction of sp³-hybridized carbons (Fsp3) is 1.00. The zero-order chi connectivity index (χ0) is 8.31. The zero-order valence-corrected chi connectivity index (χ0v) is 7.63. The van der Waals surface area contributed by atoms with Crippen LogP contribution in [0, 0.1) is 5.92 Å². The first-order valence-corrected chi connectivity index (χ1v) is 3.81. The van der Waals surface area contributed by atoms with Crippen molar-refractivity contribution in [2.24, 2.45) is 5.92 Å². The topological polar surface area (TPSA) is 23.5 Å². The summed E-state index contributed by atoms with van der Waals surface area (Å²) in [4.78, 5) is 2.06. The summed E-state index contributed by atoms with van der Waals surface area (Å²) in [7, 11) is 3.99. The van der Waals surface area contributed by atoms with Gasteiger partial charge in [0.05, 0.1) is 6.10 Å². The Balaban J connectivity index is 3.98. The molecule has 2 heteroatoms. The van der Waals surface area contributed by atoms with E-state index in [1.165, 1.54) is 0 Å². The Morgan fingerprint density at radius 2 is 1.50 bits per heavy atom. The molecule has 0 aliphatic heterocycles. The standard InChI is InChI=1S/C8H19NO/c1-6(2)8(7(3)10)9(4)5/h6-8,10H,1-5H3. The van der Waals surface area contributed by atoms with Crippen LogP contribution in [0.3, 0.4) is 0 Å². The van der Waals surface area contributed by atoms with Crippen molar-refractivity contribution in [3.63, 3.8) is 0 Å². The molecule has 0 aliphatic rings. The molecular weight excluding hydrogens is 126 g/mol. The van der Waals surface area contributed by atoms with E-state index in [0.717, 1.165) is 0 Å². The third-order valence-electron chi connectivity index (χ3n) is 1.77. The maximum absolute atomic E-state index is 9.31. The van der Waals surface area contributed by atoms with Gasteiger partial charge in [-0.25, -0.2) is 0 Å². The lowest BCUT2D eigenvalue weighted by molar-refractivity contribution is 0.0634. The second kappa shape index (κ2) is 3.94. The fourth-order valence-electron chi connectivity index (χ4n) is 1.58. The molecule has 0 aromatic carbocycles. The van der Waals surface area contributed by atoms with Crippen LogP contribution in [0.25, 0.3) is 0 Å². The summed E-state index contributed by atoms with van der Waals surface area (Å²) in [6.45, 7) is 6.08. The van der Waals surface area contributed by atoms with Crippen LogP contribution in [0.1, 0.15) is 20.8 Å². The summed E-state index contributed by atoms with van der Waals surface area (Å²) < 4.78 is 0. The monoisotopic (exact) mass is 145 g/mol. The Morgan fingerprint density at radius 3 is 1.50 bits per heavy atom. The summed E-state index contributed by atoms with van der Waals surface area (Å²) in [5, 5.41) is 9.31. The Morgan fingerprint density at radius 1 is 1.10 bits per heavy atom. The first kappa shape index (κ1) is 9.92. The summed E-state index contributed by atoms with van der Waals surface area (Å²) in [5.41, 5.74) is 0. The van der Waals surface area contributed by atoms with Gasteiger partial charge in [-0.2, -0.15) is 0 Å². The molecule has 0 aliphatic carbocycles. The molecule has 0 spiro atoms. The van der Waals surface area contributed by atoms with Gasteiger partial charge in [-0.1, -0.05) is 13.8 Å². The van der Waals surface area contributed by atoms with Gasteiger partial charge >= 0.3 is 0 Å². The normalized spacial score (nSPS) is 18.0. The SMILES string of the molecule is CC(C)C(C(C)O)N(C)C. The molecule has 1 N–H and O–H groups in total. The number of rotatable bonds is 3. The molecule has 0 saturated carbocycles. The molecule has 0 radical (unpaired) electrons. The highest BCUT2D eigenvalue weighted by Crippen LogP contribution is 2.10. The first-order valence-electron chi connectivity index (χ1n) is 3.81. The van der Waals surface area contributed by atoms with Gasteiger partial charge in [-0.05, 0) is 26.9 Å². The summed E-state index contributed by atoms with van der Waals surface area (Å²) in [6, 6.07) is 0.278. The second-order valence-corrected chi connectivity index (χ2v) is 3.44. The molecule has 0 fully saturated rings. The summed E-state index contributed by atoms with van der Waals surface area (Å²) >= 11 is 0. The van der Waals surface area contributed by atoms with Crippen molar-refractivity contribution < 1.29 is 5.11 Å². The molecule has 0 rings (SSSR count). The van der Waals surface area contributed by atoms with E-state index in [4.69, 9.17) is 0 Å². The van der Waals surface area contributed by atoms with Gasteiger partial charge in [0.15, 0.2) is 0 Å². The van der Waals surface area contributed by atoms with Crippen molar-refractivity contribution in [2.75, 3.05) is 14.1 Å². The van der Waals surface area contributed by atoms with Crippen LogP contribution >= 0.6 is 0 Å². The molecule has 62 valence electrons. The first-order chi connectivity index (χ1) is 4.46. The molecule has 0 bridgehead atoms. The lowest BCUT2D eigenvalue weighted by Gasteiger charge is -2.30. The van der Waals surface area contributed by atoms with Crippen LogP contribution in [0.2, 0.25) is 0 Å². The van der Waals surface area contributed by atoms with Gasteiger partial charge < -0.3 is 10.0 Å². The lowest BCUT2D eigenvalue weighted by atomic mass is 9.99. The second-order valence-electron chi connectivity index (χ2n) is 3.44. The molecule has 0 saturated heterocycles. The molecule has 0 heterocycles. The Bertz CT molecular complexity index is 70.2. The van der Waals surface area contributed by atoms with Gasteiger partial charge in [0, 0.05) is 6.04 Å². The van der Waals surface area contributed by atoms with Crippen LogP contribution in [0.4, 0.5) is 0 Å². The molecular formula is C8H19NO. The number of aliphatic hydroxyl groups is 1. The van der Waals surface area contributed by atoms with Crippen LogP contribution in [0.5, 0.6) is 0 Å². The number of nitrogens with zero attached hydrogens (tertiary/aromatic N) is 1. The Kier molecular flexibility index (Phi) is 3.91. The van der Waals surface area contributed by atoms with Gasteiger partial charge in [-0.3, -0.25) is 0 Å². The highest BCUT2D eigenvalue weighted by Gasteiger charge is 2.20. The van der Waals surface area contributed by atoms with E-state index in [0.29, 0.717) is 5.92 Å². The van der Waals surface area contributed by atoms with Crippen molar-refractivity contribution in [3.05, 3.63) is 0 Å². The third kappa shape index (κ3) is 2.67. The minimum atomic E-state index is -0.241. The van der Waals surface area contributed by atoms with E-state index in [-0.39, 0.29) is 12.1 Å². The lowest BCUT2D eigenvalue weighted by Crippen LogP contribution is -2.41. The van der Waals surface area contributed by atoms with E-state index in [2.05, 4.69) is 18.7 Å². The van der Waals surface area contributed by atoms with Gasteiger partial charge in [0.25, 0.3) is 0 Å². The number of hydrogen-bond donors (Lipinski definition) is 1. The van der Waals surface area contributed by atoms with Crippen LogP contribution < -0.4 is 0 Å². The predicted molar refractivity (Wildman–Crippen MR) is 44.0 cm³/mol. The minimum absolute atomic E-state index is 0.241. The van der Waals surface area contributed by atoms with Crippen molar-refractivity contribution >= 4 is 0 Å². The largest absolute Gasteiger partial charge is 0.392 e. The number of aliphatic hydroxyl groups excluding tert-OH is 1. The predicted octanol–water partition coefficient (Wildman–Crippen LogP) is 0.953. The minimum Gasteiger partial charge on any atom is -0.392 e. The van der Waals surface area contributed by atoms with Gasteiger partial charge in [0.1, 0.15) is 0 Å². The van der Waals surface area contributed by atoms with E-state index in [1.54, 1.807) is 0 Å². The summed E-state index contributed by atoms with van der Waals surface area (Å²) in [5.74, 6) is 0.509. The highest BCUT2D eigenvalue weighted by atomic mass is 16.3. The molecule has 10 heavy (non-hydrogen) atoms. The maximum atomic E-state index is 9.31. The van der Waals surface area contributed by atoms with Gasteiger partial charge in [0.2, 0.25) is 0 Å². The summed E-state index contributed by atoms with van der Waals surface area (Å²) in [6.07, 6.45) is -0.241. The zero-order valence-electron chi connectivity index (χ0n) is 7.63. The molecule has 0 aromatic rings. The average Bonchev–Trinajstić information content (AvgIpc) is 1.59. The molecule has 2 atom stereocenters. The average molecular weight is 145 g/mol. The van der Waals surface area contributed by atoms with Crippen molar-refractivity contribution in [1.29, 1.82) is 0 Å². The molecule has 0 amide bonds. The Labute approximate surface area is 63.8 Å². The molecule has 0 aromatic heterocycles. The number of hydrogen-bond acceptors (Lipinski definition) is 2. The van der Waals surface area contributed by atoms with Crippen LogP contribution in [0.15, 0.2) is 0 Å². The van der Waals surface area contributed by atoms with Crippen molar-refractivity contribution in [3.8, 4) is 0 Å². The van der Waals surface area contributed by atoms with E-state index < -0.39 is 0 Å². The highest BCUT2D eigenvalue weighted by molar-refractivity contribution is 4.74. The third-order valence-corrected chi connectivity index (χ3v) is 1.77. The van der Waals surface area contributed by atoms with Crippen LogP contribution in [-0.4, -0.2) is 36.2 Å².